The molecule has 0 fully saturated rings. The number of aliphatic carboxylic acids is 2. The number of carboxylic acids is 2. The van der Waals surface area contributed by atoms with E-state index < -0.39 is 192 Å². The minimum absolute atomic E-state index is 0.00311. The van der Waals surface area contributed by atoms with Gasteiger partial charge in [0.1, 0.15) is 84.6 Å². The van der Waals surface area contributed by atoms with E-state index in [4.69, 9.17) is 61.5 Å². The zero-order chi connectivity index (χ0) is 85.5. The number of carbonyl (C=O) groups is 16. The van der Waals surface area contributed by atoms with Crippen molar-refractivity contribution in [3.8, 4) is 0 Å². The average molecular weight is 1600 g/mol. The number of hydrogen-bond acceptors (Lipinski definition) is 23. The molecule has 15 unspecified atom stereocenters. The van der Waals surface area contributed by atoms with Gasteiger partial charge in [-0.3, -0.25) is 91.9 Å². The molecule has 0 saturated heterocycles. The Morgan fingerprint density at radius 2 is 0.523 bits per heavy atom. The Morgan fingerprint density at radius 1 is 0.315 bits per heavy atom. The first-order chi connectivity index (χ1) is 51.7. The first kappa shape index (κ1) is 102. The number of aliphatic hydroxyl groups excluding tert-OH is 1. The van der Waals surface area contributed by atoms with Crippen molar-refractivity contribution in [2.75, 3.05) is 44.8 Å². The van der Waals surface area contributed by atoms with Crippen LogP contribution in [0.3, 0.4) is 0 Å². The Balaban J connectivity index is 0. The number of nitrogens with zero attached hydrogens (tertiary/aromatic N) is 4. The predicted molar refractivity (Wildman–Crippen MR) is 411 cm³/mol. The van der Waals surface area contributed by atoms with Gasteiger partial charge in [0, 0.05) is 33.1 Å². The molecule has 630 valence electrons. The summed E-state index contributed by atoms with van der Waals surface area (Å²) in [6, 6.07) is -20.2. The smallest absolute Gasteiger partial charge is 0.326 e. The molecule has 0 spiro atoms. The highest BCUT2D eigenvalue weighted by atomic mass is 32.2. The van der Waals surface area contributed by atoms with Crippen molar-refractivity contribution in [1.82, 2.24) is 74.4 Å². The van der Waals surface area contributed by atoms with Crippen LogP contribution in [0.15, 0.2) is 20.0 Å². The van der Waals surface area contributed by atoms with Crippen LogP contribution in [0, 0.1) is 5.92 Å². The monoisotopic (exact) mass is 1600 g/mol. The van der Waals surface area contributed by atoms with E-state index in [0.29, 0.717) is 5.75 Å². The molecule has 0 heterocycles. The van der Waals surface area contributed by atoms with E-state index >= 15 is 0 Å². The van der Waals surface area contributed by atoms with Crippen LogP contribution in [0.1, 0.15) is 140 Å². The lowest BCUT2D eigenvalue weighted by Crippen LogP contribution is -2.60. The molecule has 14 amide bonds. The summed E-state index contributed by atoms with van der Waals surface area (Å²) < 4.78 is 0. The van der Waals surface area contributed by atoms with Crippen molar-refractivity contribution in [3.63, 3.8) is 0 Å². The highest BCUT2D eigenvalue weighted by molar-refractivity contribution is 7.98. The third-order valence-corrected chi connectivity index (χ3v) is 16.0. The number of guanidine groups is 4. The second kappa shape index (κ2) is 54.5. The molecule has 111 heavy (non-hydrogen) atoms. The lowest BCUT2D eigenvalue weighted by atomic mass is 10.0. The molecule has 0 saturated carbocycles. The lowest BCUT2D eigenvalue weighted by Gasteiger charge is -2.27. The van der Waals surface area contributed by atoms with Gasteiger partial charge < -0.3 is 141 Å². The van der Waals surface area contributed by atoms with E-state index in [1.165, 1.54) is 67.2 Å². The van der Waals surface area contributed by atoms with E-state index in [1.807, 2.05) is 0 Å². The molecule has 0 aromatic carbocycles. The normalized spacial score (nSPS) is 14.8. The first-order valence-corrected chi connectivity index (χ1v) is 36.8. The quantitative estimate of drug-likeness (QED) is 0.0153. The van der Waals surface area contributed by atoms with Crippen molar-refractivity contribution in [2.45, 2.75) is 231 Å². The predicted octanol–water partition coefficient (Wildman–Crippen LogP) is -10.6. The van der Waals surface area contributed by atoms with E-state index in [-0.39, 0.29) is 120 Å². The number of aliphatic imine (C=N–C) groups is 4. The molecule has 0 aliphatic heterocycles. The molecule has 47 heteroatoms. The molecule has 15 atom stereocenters. The van der Waals surface area contributed by atoms with Gasteiger partial charge in [-0.1, -0.05) is 13.8 Å². The Bertz CT molecular complexity index is 3230. The zero-order valence-corrected chi connectivity index (χ0v) is 65.6. The fourth-order valence-corrected chi connectivity index (χ4v) is 9.72. The number of carboxylic acid groups (broad SMARTS) is 2. The zero-order valence-electron chi connectivity index (χ0n) is 64.8. The van der Waals surface area contributed by atoms with Gasteiger partial charge in [-0.15, -0.1) is 0 Å². The Hall–Kier alpha value is -11.1. The van der Waals surface area contributed by atoms with Crippen LogP contribution < -0.4 is 126 Å². The molecule has 0 aliphatic carbocycles. The van der Waals surface area contributed by atoms with E-state index in [0.717, 1.165) is 6.92 Å². The van der Waals surface area contributed by atoms with Crippen LogP contribution >= 0.6 is 11.8 Å². The van der Waals surface area contributed by atoms with E-state index in [2.05, 4.69) is 94.4 Å². The van der Waals surface area contributed by atoms with Crippen LogP contribution in [0.4, 0.5) is 0 Å². The number of nitrogens with two attached hydrogens (primary N) is 9. The molecular weight excluding hydrogens is 1480 g/mol. The fourth-order valence-electron chi connectivity index (χ4n) is 9.24. The summed E-state index contributed by atoms with van der Waals surface area (Å²) in [5, 5.41) is 61.7. The van der Waals surface area contributed by atoms with Crippen molar-refractivity contribution < 1.29 is 92.0 Å². The van der Waals surface area contributed by atoms with Crippen molar-refractivity contribution in [2.24, 2.45) is 77.5 Å². The van der Waals surface area contributed by atoms with E-state index in [1.54, 1.807) is 20.1 Å². The summed E-state index contributed by atoms with van der Waals surface area (Å²) >= 11 is 1.42. The average Bonchev–Trinajstić information content (AvgIpc) is 0.866. The van der Waals surface area contributed by atoms with Crippen LogP contribution in [-0.2, 0) is 76.7 Å². The standard InChI is InChI=1S/C62H115N27O17S.C2H4O2/c1-28(2)26-42(56(103)81-36(10)49(96)85-38(17-13-22-73-60(66)67)54(101)86-39(18-14-23-74-61(68)69)55(102)87-41(58(105)106)19-15-24-75-62(70)71)88-50(97)33(7)77-45(92)30(4)76-47(94)32(6)82-57(104)43(27-90)89-51(98)34(8)78-46(93)31(5)79-52(99)37(16-12-21-72-59(64)65)84-48(95)35(9)80-53(100)40(20-25-107-11)83-44(91)29(3)63;1-2(3)4/h28-43,90H,12-27,63H2,1-11H3,(H,76,94)(H,77,92)(H,78,93)(H,79,99)(H,80,100)(H,81,103)(H,82,104)(H,83,91)(H,84,95)(H,85,96)(H,86,101)(H,87,102)(H,88,97)(H,89,98)(H,105,106)(H4,64,65,72)(H4,66,67,73)(H4,68,69,74)(H4,70,71,75);1H3,(H,3,4). The van der Waals surface area contributed by atoms with Gasteiger partial charge in [-0.25, -0.2) is 4.79 Å². The summed E-state index contributed by atoms with van der Waals surface area (Å²) in [6.07, 6.45) is 2.13. The number of carbonyl (C=O) groups excluding carboxylic acids is 14. The van der Waals surface area contributed by atoms with Crippen LogP contribution in [0.5, 0.6) is 0 Å². The number of nitrogens with one attached hydrogen (secondary N) is 14. The second-order valence-electron chi connectivity index (χ2n) is 26.1. The third-order valence-electron chi connectivity index (χ3n) is 15.4. The van der Waals surface area contributed by atoms with Gasteiger partial charge >= 0.3 is 5.97 Å². The highest BCUT2D eigenvalue weighted by Crippen LogP contribution is 2.11. The van der Waals surface area contributed by atoms with Crippen LogP contribution in [0.2, 0.25) is 0 Å². The van der Waals surface area contributed by atoms with Gasteiger partial charge in [-0.2, -0.15) is 11.8 Å². The fraction of sp³-hybridized carbons (Fsp3) is 0.688. The van der Waals surface area contributed by atoms with Crippen molar-refractivity contribution in [3.05, 3.63) is 0 Å². The molecule has 46 nitrogen and oxygen atoms in total. The maximum absolute atomic E-state index is 14.0. The van der Waals surface area contributed by atoms with Crippen LogP contribution in [0.25, 0.3) is 0 Å². The largest absolute Gasteiger partial charge is 0.481 e. The topological polar surface area (TPSA) is 786 Å². The summed E-state index contributed by atoms with van der Waals surface area (Å²) in [6.45, 7) is 13.9. The summed E-state index contributed by atoms with van der Waals surface area (Å²) in [5.41, 5.74) is 49.1. The van der Waals surface area contributed by atoms with E-state index in [9.17, 15) is 82.1 Å². The van der Waals surface area contributed by atoms with Crippen molar-refractivity contribution >= 4 is 130 Å². The lowest BCUT2D eigenvalue weighted by molar-refractivity contribution is -0.142. The first-order valence-electron chi connectivity index (χ1n) is 35.4. The van der Waals surface area contributed by atoms with Crippen molar-refractivity contribution in [1.29, 1.82) is 0 Å². The Morgan fingerprint density at radius 3 is 0.784 bits per heavy atom. The van der Waals surface area contributed by atoms with Gasteiger partial charge in [0.05, 0.1) is 12.6 Å². The molecule has 0 radical (unpaired) electrons. The van der Waals surface area contributed by atoms with Gasteiger partial charge in [0.25, 0.3) is 5.97 Å². The maximum atomic E-state index is 14.0. The third kappa shape index (κ3) is 45.5. The van der Waals surface area contributed by atoms with Gasteiger partial charge in [0.2, 0.25) is 82.7 Å². The molecular formula is C64H119N27O19S. The second-order valence-corrected chi connectivity index (χ2v) is 27.1. The number of aliphatic hydroxyl groups is 1. The highest BCUT2D eigenvalue weighted by Gasteiger charge is 2.35. The minimum atomic E-state index is -1.71. The Kier molecular flexibility index (Phi) is 50.0. The molecule has 0 bridgehead atoms. The molecule has 0 aliphatic rings. The number of thioether (sulfide) groups is 1. The molecule has 0 aromatic rings. The minimum Gasteiger partial charge on any atom is -0.481 e. The SMILES string of the molecule is CC(=O)O.CSCCC(NC(=O)C(C)N)C(=O)NC(C)C(=O)NC(CCCN=C(N)N)C(=O)NC(C)C(=O)NC(C)C(=O)NC(CO)C(=O)NC(C)C(=O)NC(C)C(=O)NC(C)C(=O)NC(CC(C)C)C(=O)NC(C)C(=O)NC(CCCN=C(N)N)C(=O)NC(CCCN=C(N)N)C(=O)NC(CCCN=C(N)N)C(=O)O. The number of hydrogen-bond donors (Lipinski definition) is 26. The maximum Gasteiger partial charge on any atom is 0.326 e. The number of rotatable bonds is 51. The molecule has 35 N–H and O–H groups in total. The summed E-state index contributed by atoms with van der Waals surface area (Å²) in [4.78, 5) is 225. The van der Waals surface area contributed by atoms with Gasteiger partial charge in [0.15, 0.2) is 23.8 Å². The summed E-state index contributed by atoms with van der Waals surface area (Å²) in [5.74, 6) is -15.2. The molecule has 0 rings (SSSR count). The van der Waals surface area contributed by atoms with Crippen LogP contribution in [-0.4, -0.2) is 269 Å². The summed E-state index contributed by atoms with van der Waals surface area (Å²) in [7, 11) is 0. The molecule has 0 aromatic heterocycles. The number of amides is 14. The van der Waals surface area contributed by atoms with Gasteiger partial charge in [-0.05, 0) is 138 Å². The Labute approximate surface area is 647 Å².